The molecule has 1 aromatic rings. The van der Waals surface area contributed by atoms with Gasteiger partial charge in [0.15, 0.2) is 0 Å². The maximum atomic E-state index is 10.8. The topological polar surface area (TPSA) is 77.8 Å². The van der Waals surface area contributed by atoms with Gasteiger partial charge in [0.05, 0.1) is 12.2 Å². The number of rotatable bonds is 9. The number of unbranched alkanes of at least 4 members (excludes halogenated alkanes) is 1. The lowest BCUT2D eigenvalue weighted by Crippen LogP contribution is -2.19. The molecular formula is C25H35ClO4. The number of aliphatic hydroxyl groups excluding tert-OH is 2. The molecule has 2 aliphatic rings. The Balaban J connectivity index is 1.61. The molecule has 0 radical (unpaired) electrons. The van der Waals surface area contributed by atoms with Gasteiger partial charge in [-0.05, 0) is 61.5 Å². The lowest BCUT2D eigenvalue weighted by Gasteiger charge is -2.27. The SMILES string of the molecule is O=C(O)CCCC=CC[C@@H]1[C@@H](c2ccc(C(O)C3CCCCC3)cc2)[C@H](O)C[C@H]1Cl. The van der Waals surface area contributed by atoms with E-state index in [9.17, 15) is 15.0 Å². The number of carboxylic acid groups (broad SMARTS) is 1. The molecule has 5 heteroatoms. The number of benzene rings is 1. The average molecular weight is 435 g/mol. The highest BCUT2D eigenvalue weighted by Crippen LogP contribution is 2.45. The minimum absolute atomic E-state index is 0.0166. The second-order valence-electron chi connectivity index (χ2n) is 9.01. The first kappa shape index (κ1) is 23.3. The third-order valence-corrected chi connectivity index (χ3v) is 7.40. The molecule has 2 saturated carbocycles. The second-order valence-corrected chi connectivity index (χ2v) is 9.57. The monoisotopic (exact) mass is 434 g/mol. The zero-order valence-electron chi connectivity index (χ0n) is 17.6. The fraction of sp³-hybridized carbons (Fsp3) is 0.640. The average Bonchev–Trinajstić information content (AvgIpc) is 3.03. The molecule has 2 aliphatic carbocycles. The zero-order valence-corrected chi connectivity index (χ0v) is 18.4. The van der Waals surface area contributed by atoms with E-state index in [0.717, 1.165) is 36.8 Å². The Hall–Kier alpha value is -1.36. The number of carboxylic acids is 1. The highest BCUT2D eigenvalue weighted by atomic mass is 35.5. The quantitative estimate of drug-likeness (QED) is 0.269. The maximum absolute atomic E-state index is 10.8. The molecule has 0 saturated heterocycles. The minimum Gasteiger partial charge on any atom is -0.481 e. The summed E-state index contributed by atoms with van der Waals surface area (Å²) in [7, 11) is 0. The van der Waals surface area contributed by atoms with Crippen LogP contribution in [0.1, 0.15) is 87.4 Å². The standard InChI is InChI=1S/C25H35ClO4/c26-21-16-22(27)24(20(21)10-6-1-2-7-11-23(28)29)17-12-14-19(15-13-17)25(30)18-8-4-3-5-9-18/h1,6,12-15,18,20-22,24-25,27,30H,2-5,7-11,16H2,(H,28,29)/t20-,21+,22+,24+,25?/m0/s1. The Bertz CT molecular complexity index is 696. The van der Waals surface area contributed by atoms with E-state index >= 15 is 0 Å². The van der Waals surface area contributed by atoms with E-state index in [0.29, 0.717) is 18.8 Å². The Morgan fingerprint density at radius 3 is 2.50 bits per heavy atom. The van der Waals surface area contributed by atoms with Crippen molar-refractivity contribution in [1.82, 2.24) is 0 Å². The number of hydrogen-bond donors (Lipinski definition) is 3. The smallest absolute Gasteiger partial charge is 0.303 e. The van der Waals surface area contributed by atoms with Crippen molar-refractivity contribution in [1.29, 1.82) is 0 Å². The predicted octanol–water partition coefficient (Wildman–Crippen LogP) is 5.57. The molecule has 1 unspecified atom stereocenters. The van der Waals surface area contributed by atoms with E-state index in [1.165, 1.54) is 19.3 Å². The van der Waals surface area contributed by atoms with Gasteiger partial charge in [-0.15, -0.1) is 11.6 Å². The van der Waals surface area contributed by atoms with Crippen LogP contribution in [-0.4, -0.2) is 32.8 Å². The van der Waals surface area contributed by atoms with Crippen molar-refractivity contribution in [2.45, 2.75) is 87.7 Å². The molecule has 1 aromatic carbocycles. The number of halogens is 1. The van der Waals surface area contributed by atoms with Crippen LogP contribution in [0.5, 0.6) is 0 Å². The third kappa shape index (κ3) is 6.09. The largest absolute Gasteiger partial charge is 0.481 e. The summed E-state index contributed by atoms with van der Waals surface area (Å²) in [4.78, 5) is 10.6. The van der Waals surface area contributed by atoms with Gasteiger partial charge in [-0.1, -0.05) is 55.7 Å². The number of allylic oxidation sites excluding steroid dienone is 2. The van der Waals surface area contributed by atoms with Crippen molar-refractivity contribution in [3.63, 3.8) is 0 Å². The van der Waals surface area contributed by atoms with Crippen molar-refractivity contribution in [2.75, 3.05) is 0 Å². The van der Waals surface area contributed by atoms with Gasteiger partial charge in [-0.3, -0.25) is 4.79 Å². The summed E-state index contributed by atoms with van der Waals surface area (Å²) in [5, 5.41) is 30.0. The molecule has 0 spiro atoms. The maximum Gasteiger partial charge on any atom is 0.303 e. The molecule has 2 fully saturated rings. The van der Waals surface area contributed by atoms with Crippen molar-refractivity contribution in [3.8, 4) is 0 Å². The van der Waals surface area contributed by atoms with Crippen LogP contribution in [0.25, 0.3) is 0 Å². The molecule has 0 aromatic heterocycles. The normalized spacial score (nSPS) is 28.8. The molecule has 3 N–H and O–H groups in total. The molecule has 0 amide bonds. The summed E-state index contributed by atoms with van der Waals surface area (Å²) in [6.07, 6.45) is 12.0. The molecule has 0 bridgehead atoms. The highest BCUT2D eigenvalue weighted by Gasteiger charge is 2.41. The van der Waals surface area contributed by atoms with Crippen LogP contribution in [0.2, 0.25) is 0 Å². The summed E-state index contributed by atoms with van der Waals surface area (Å²) >= 11 is 6.57. The highest BCUT2D eigenvalue weighted by molar-refractivity contribution is 6.21. The fourth-order valence-electron chi connectivity index (χ4n) is 5.21. The predicted molar refractivity (Wildman–Crippen MR) is 120 cm³/mol. The number of alkyl halides is 1. The lowest BCUT2D eigenvalue weighted by molar-refractivity contribution is -0.137. The van der Waals surface area contributed by atoms with Crippen LogP contribution in [0.3, 0.4) is 0 Å². The van der Waals surface area contributed by atoms with Gasteiger partial charge in [-0.2, -0.15) is 0 Å². The van der Waals surface area contributed by atoms with Gasteiger partial charge in [0.25, 0.3) is 0 Å². The first-order valence-electron chi connectivity index (χ1n) is 11.4. The van der Waals surface area contributed by atoms with Crippen molar-refractivity contribution in [3.05, 3.63) is 47.5 Å². The van der Waals surface area contributed by atoms with Crippen LogP contribution < -0.4 is 0 Å². The molecule has 4 nitrogen and oxygen atoms in total. The number of carbonyl (C=O) groups is 1. The van der Waals surface area contributed by atoms with Crippen molar-refractivity contribution < 1.29 is 20.1 Å². The molecule has 166 valence electrons. The Labute approximate surface area is 185 Å². The molecular weight excluding hydrogens is 400 g/mol. The van der Waals surface area contributed by atoms with Gasteiger partial charge in [0.1, 0.15) is 0 Å². The molecule has 5 atom stereocenters. The minimum atomic E-state index is -0.764. The van der Waals surface area contributed by atoms with Gasteiger partial charge in [0.2, 0.25) is 0 Å². The molecule has 0 heterocycles. The van der Waals surface area contributed by atoms with Crippen LogP contribution in [0.4, 0.5) is 0 Å². The van der Waals surface area contributed by atoms with E-state index in [4.69, 9.17) is 16.7 Å². The van der Waals surface area contributed by atoms with Gasteiger partial charge in [-0.25, -0.2) is 0 Å². The number of hydrogen-bond acceptors (Lipinski definition) is 3. The van der Waals surface area contributed by atoms with Gasteiger partial charge in [0, 0.05) is 17.7 Å². The van der Waals surface area contributed by atoms with Crippen LogP contribution in [-0.2, 0) is 4.79 Å². The van der Waals surface area contributed by atoms with E-state index in [2.05, 4.69) is 6.08 Å². The van der Waals surface area contributed by atoms with Crippen molar-refractivity contribution >= 4 is 17.6 Å². The first-order valence-corrected chi connectivity index (χ1v) is 11.9. The van der Waals surface area contributed by atoms with Crippen LogP contribution in [0, 0.1) is 11.8 Å². The van der Waals surface area contributed by atoms with E-state index in [1.54, 1.807) is 0 Å². The third-order valence-electron chi connectivity index (χ3n) is 6.90. The summed E-state index contributed by atoms with van der Waals surface area (Å²) in [5.41, 5.74) is 2.05. The summed E-state index contributed by atoms with van der Waals surface area (Å²) in [5.74, 6) is -0.281. The first-order chi connectivity index (χ1) is 14.5. The summed E-state index contributed by atoms with van der Waals surface area (Å²) in [6.45, 7) is 0. The Morgan fingerprint density at radius 2 is 1.83 bits per heavy atom. The lowest BCUT2D eigenvalue weighted by atomic mass is 9.81. The molecule has 3 rings (SSSR count). The van der Waals surface area contributed by atoms with E-state index < -0.39 is 18.2 Å². The van der Waals surface area contributed by atoms with Crippen LogP contribution in [0.15, 0.2) is 36.4 Å². The fourth-order valence-corrected chi connectivity index (χ4v) is 5.65. The van der Waals surface area contributed by atoms with Crippen LogP contribution >= 0.6 is 11.6 Å². The Morgan fingerprint density at radius 1 is 1.13 bits per heavy atom. The molecule has 0 aliphatic heterocycles. The summed E-state index contributed by atoms with van der Waals surface area (Å²) < 4.78 is 0. The van der Waals surface area contributed by atoms with E-state index in [-0.39, 0.29) is 23.6 Å². The summed E-state index contributed by atoms with van der Waals surface area (Å²) in [6, 6.07) is 8.13. The second kappa shape index (κ2) is 11.3. The molecule has 30 heavy (non-hydrogen) atoms. The van der Waals surface area contributed by atoms with Gasteiger partial charge < -0.3 is 15.3 Å². The number of aliphatic hydroxyl groups is 2. The van der Waals surface area contributed by atoms with E-state index in [1.807, 2.05) is 30.3 Å². The van der Waals surface area contributed by atoms with Gasteiger partial charge >= 0.3 is 5.97 Å². The van der Waals surface area contributed by atoms with Crippen molar-refractivity contribution in [2.24, 2.45) is 11.8 Å². The zero-order chi connectivity index (χ0) is 21.5. The number of aliphatic carboxylic acids is 1. The Kier molecular flexibility index (Phi) is 8.79.